The van der Waals surface area contributed by atoms with Crippen LogP contribution in [0.1, 0.15) is 12.0 Å². The summed E-state index contributed by atoms with van der Waals surface area (Å²) in [6.45, 7) is 0.122. The molecule has 0 aromatic heterocycles. The van der Waals surface area contributed by atoms with E-state index in [0.29, 0.717) is 23.8 Å². The van der Waals surface area contributed by atoms with Crippen LogP contribution in [0.3, 0.4) is 0 Å². The van der Waals surface area contributed by atoms with E-state index in [2.05, 4.69) is 5.32 Å². The number of amides is 1. The highest BCUT2D eigenvalue weighted by Crippen LogP contribution is 2.34. The normalized spacial score (nSPS) is 9.89. The fourth-order valence-corrected chi connectivity index (χ4v) is 1.61. The monoisotopic (exact) mass is 269 g/mol. The minimum Gasteiger partial charge on any atom is -0.496 e. The lowest BCUT2D eigenvalue weighted by Crippen LogP contribution is -2.23. The number of hydrogen-bond donors (Lipinski definition) is 2. The molecule has 0 fully saturated rings. The minimum absolute atomic E-state index is 0.0790. The predicted molar refractivity (Wildman–Crippen MR) is 69.6 cm³/mol. The van der Waals surface area contributed by atoms with Crippen LogP contribution in [-0.2, 0) is 11.3 Å². The zero-order valence-electron chi connectivity index (χ0n) is 11.4. The van der Waals surface area contributed by atoms with E-state index in [1.54, 1.807) is 33.5 Å². The average molecular weight is 269 g/mol. The molecule has 0 heterocycles. The second-order valence-corrected chi connectivity index (χ2v) is 3.77. The molecule has 0 saturated heterocycles. The summed E-state index contributed by atoms with van der Waals surface area (Å²) in [6, 6.07) is 3.45. The van der Waals surface area contributed by atoms with Crippen molar-refractivity contribution in [3.05, 3.63) is 17.7 Å². The molecule has 6 nitrogen and oxygen atoms in total. The molecule has 0 atom stereocenters. The molecule has 2 N–H and O–H groups in total. The van der Waals surface area contributed by atoms with Crippen molar-refractivity contribution in [3.63, 3.8) is 0 Å². The summed E-state index contributed by atoms with van der Waals surface area (Å²) >= 11 is 0. The Bertz CT molecular complexity index is 433. The van der Waals surface area contributed by atoms with Gasteiger partial charge >= 0.3 is 0 Å². The fraction of sp³-hybridized carbons (Fsp3) is 0.462. The van der Waals surface area contributed by atoms with Gasteiger partial charge in [-0.25, -0.2) is 0 Å². The molecule has 6 heteroatoms. The van der Waals surface area contributed by atoms with E-state index in [-0.39, 0.29) is 18.9 Å². The van der Waals surface area contributed by atoms with Crippen molar-refractivity contribution in [1.82, 2.24) is 5.32 Å². The molecule has 1 amide bonds. The topological polar surface area (TPSA) is 77.0 Å². The summed E-state index contributed by atoms with van der Waals surface area (Å²) in [6.07, 6.45) is 0.0790. The van der Waals surface area contributed by atoms with Crippen LogP contribution >= 0.6 is 0 Å². The van der Waals surface area contributed by atoms with Gasteiger partial charge in [-0.1, -0.05) is 0 Å². The number of carbonyl (C=O) groups excluding carboxylic acids is 1. The van der Waals surface area contributed by atoms with Gasteiger partial charge in [0.2, 0.25) is 5.91 Å². The van der Waals surface area contributed by atoms with Gasteiger partial charge in [0, 0.05) is 24.6 Å². The van der Waals surface area contributed by atoms with Crippen LogP contribution in [0.4, 0.5) is 0 Å². The third kappa shape index (κ3) is 4.03. The van der Waals surface area contributed by atoms with Gasteiger partial charge < -0.3 is 24.6 Å². The van der Waals surface area contributed by atoms with Crippen LogP contribution in [0.2, 0.25) is 0 Å². The number of nitrogens with one attached hydrogen (secondary N) is 1. The number of hydrogen-bond acceptors (Lipinski definition) is 5. The Morgan fingerprint density at radius 2 is 1.68 bits per heavy atom. The van der Waals surface area contributed by atoms with E-state index in [4.69, 9.17) is 19.3 Å². The zero-order valence-corrected chi connectivity index (χ0v) is 11.4. The summed E-state index contributed by atoms with van der Waals surface area (Å²) in [5.74, 6) is 1.50. The van der Waals surface area contributed by atoms with Gasteiger partial charge in [0.1, 0.15) is 5.75 Å². The Labute approximate surface area is 112 Å². The average Bonchev–Trinajstić information content (AvgIpc) is 2.44. The number of ether oxygens (including phenoxy) is 3. The third-order valence-electron chi connectivity index (χ3n) is 2.60. The van der Waals surface area contributed by atoms with Gasteiger partial charge in [-0.15, -0.1) is 0 Å². The van der Waals surface area contributed by atoms with Crippen molar-refractivity contribution in [2.45, 2.75) is 13.0 Å². The van der Waals surface area contributed by atoms with E-state index in [9.17, 15) is 4.79 Å². The lowest BCUT2D eigenvalue weighted by molar-refractivity contribution is -0.121. The number of methoxy groups -OCH3 is 3. The highest BCUT2D eigenvalue weighted by atomic mass is 16.5. The Kier molecular flexibility index (Phi) is 5.95. The lowest BCUT2D eigenvalue weighted by atomic mass is 10.1. The van der Waals surface area contributed by atoms with Gasteiger partial charge in [-0.05, 0) is 6.07 Å². The quantitative estimate of drug-likeness (QED) is 0.762. The summed E-state index contributed by atoms with van der Waals surface area (Å²) < 4.78 is 15.6. The molecule has 1 rings (SSSR count). The van der Waals surface area contributed by atoms with Gasteiger partial charge in [-0.2, -0.15) is 0 Å². The van der Waals surface area contributed by atoms with Crippen molar-refractivity contribution in [2.75, 3.05) is 27.9 Å². The number of aliphatic hydroxyl groups excluding tert-OH is 1. The highest BCUT2D eigenvalue weighted by Gasteiger charge is 2.12. The standard InChI is InChI=1S/C13H19NO5/c1-17-10-7-12(19-3)11(18-2)6-9(10)8-14-13(16)4-5-15/h6-7,15H,4-5,8H2,1-3H3,(H,14,16). The van der Waals surface area contributed by atoms with Gasteiger partial charge in [-0.3, -0.25) is 4.79 Å². The number of rotatable bonds is 7. The largest absolute Gasteiger partial charge is 0.496 e. The summed E-state index contributed by atoms with van der Waals surface area (Å²) in [5.41, 5.74) is 0.770. The molecular weight excluding hydrogens is 250 g/mol. The molecule has 0 aliphatic heterocycles. The van der Waals surface area contributed by atoms with E-state index in [1.165, 1.54) is 0 Å². The molecule has 0 aliphatic rings. The molecule has 1 aromatic carbocycles. The first-order valence-electron chi connectivity index (χ1n) is 5.82. The van der Waals surface area contributed by atoms with Gasteiger partial charge in [0.25, 0.3) is 0 Å². The number of benzene rings is 1. The van der Waals surface area contributed by atoms with Crippen LogP contribution in [0.5, 0.6) is 17.2 Å². The molecule has 0 spiro atoms. The molecule has 0 saturated carbocycles. The summed E-state index contributed by atoms with van der Waals surface area (Å²) in [4.78, 5) is 11.3. The van der Waals surface area contributed by atoms with E-state index < -0.39 is 0 Å². The van der Waals surface area contributed by atoms with E-state index >= 15 is 0 Å². The minimum atomic E-state index is -0.223. The summed E-state index contributed by atoms with van der Waals surface area (Å²) in [5, 5.41) is 11.4. The first-order chi connectivity index (χ1) is 9.15. The first-order valence-corrected chi connectivity index (χ1v) is 5.82. The van der Waals surface area contributed by atoms with E-state index in [0.717, 1.165) is 5.56 Å². The Balaban J connectivity index is 2.89. The molecule has 1 aromatic rings. The van der Waals surface area contributed by atoms with Crippen LogP contribution < -0.4 is 19.5 Å². The maximum Gasteiger partial charge on any atom is 0.222 e. The fourth-order valence-electron chi connectivity index (χ4n) is 1.61. The smallest absolute Gasteiger partial charge is 0.222 e. The molecule has 106 valence electrons. The Morgan fingerprint density at radius 3 is 2.21 bits per heavy atom. The number of aliphatic hydroxyl groups is 1. The second kappa shape index (κ2) is 7.48. The van der Waals surface area contributed by atoms with Gasteiger partial charge in [0.15, 0.2) is 11.5 Å². The molecule has 0 bridgehead atoms. The van der Waals surface area contributed by atoms with Crippen molar-refractivity contribution < 1.29 is 24.1 Å². The maximum atomic E-state index is 11.3. The van der Waals surface area contributed by atoms with Crippen molar-refractivity contribution in [2.24, 2.45) is 0 Å². The van der Waals surface area contributed by atoms with Crippen LogP contribution in [0.25, 0.3) is 0 Å². The Hall–Kier alpha value is -1.95. The molecule has 0 aliphatic carbocycles. The SMILES string of the molecule is COc1cc(OC)c(OC)cc1CNC(=O)CCO. The maximum absolute atomic E-state index is 11.3. The van der Waals surface area contributed by atoms with Crippen LogP contribution in [0, 0.1) is 0 Å². The molecule has 19 heavy (non-hydrogen) atoms. The zero-order chi connectivity index (χ0) is 14.3. The molecule has 0 unspecified atom stereocenters. The lowest BCUT2D eigenvalue weighted by Gasteiger charge is -2.14. The van der Waals surface area contributed by atoms with Crippen LogP contribution in [0.15, 0.2) is 12.1 Å². The first kappa shape index (κ1) is 15.1. The van der Waals surface area contributed by atoms with Gasteiger partial charge in [0.05, 0.1) is 27.9 Å². The predicted octanol–water partition coefficient (Wildman–Crippen LogP) is 0.711. The molecule has 0 radical (unpaired) electrons. The summed E-state index contributed by atoms with van der Waals surface area (Å²) in [7, 11) is 4.62. The van der Waals surface area contributed by atoms with E-state index in [1.807, 2.05) is 0 Å². The highest BCUT2D eigenvalue weighted by molar-refractivity contribution is 5.76. The Morgan fingerprint density at radius 1 is 1.11 bits per heavy atom. The third-order valence-corrected chi connectivity index (χ3v) is 2.60. The number of carbonyl (C=O) groups is 1. The van der Waals surface area contributed by atoms with Crippen molar-refractivity contribution in [1.29, 1.82) is 0 Å². The molecular formula is C13H19NO5. The van der Waals surface area contributed by atoms with Crippen LogP contribution in [-0.4, -0.2) is 38.9 Å². The van der Waals surface area contributed by atoms with Crippen molar-refractivity contribution >= 4 is 5.91 Å². The van der Waals surface area contributed by atoms with Crippen molar-refractivity contribution in [3.8, 4) is 17.2 Å². The second-order valence-electron chi connectivity index (χ2n) is 3.77.